The molecule has 0 aromatic heterocycles. The van der Waals surface area contributed by atoms with E-state index in [1.54, 1.807) is 22.3 Å². The van der Waals surface area contributed by atoms with Gasteiger partial charge in [-0.1, -0.05) is 59.1 Å². The van der Waals surface area contributed by atoms with Crippen molar-refractivity contribution in [3.8, 4) is 0 Å². The van der Waals surface area contributed by atoms with Crippen LogP contribution in [-0.2, 0) is 12.8 Å². The van der Waals surface area contributed by atoms with Crippen molar-refractivity contribution in [2.45, 2.75) is 84.5 Å². The van der Waals surface area contributed by atoms with Gasteiger partial charge >= 0.3 is 0 Å². The van der Waals surface area contributed by atoms with Crippen LogP contribution in [0.3, 0.4) is 0 Å². The van der Waals surface area contributed by atoms with Gasteiger partial charge < -0.3 is 0 Å². The van der Waals surface area contributed by atoms with Crippen LogP contribution in [0.25, 0.3) is 0 Å². The van der Waals surface area contributed by atoms with E-state index < -0.39 is 0 Å². The van der Waals surface area contributed by atoms with Gasteiger partial charge in [-0.05, 0) is 65.2 Å². The minimum atomic E-state index is 0.634. The first-order chi connectivity index (χ1) is 9.52. The Morgan fingerprint density at radius 1 is 0.750 bits per heavy atom. The van der Waals surface area contributed by atoms with Gasteiger partial charge in [0.05, 0.1) is 0 Å². The summed E-state index contributed by atoms with van der Waals surface area (Å²) in [6.07, 6.45) is 10.1. The van der Waals surface area contributed by atoms with E-state index >= 15 is 0 Å². The maximum atomic E-state index is 2.43. The summed E-state index contributed by atoms with van der Waals surface area (Å²) in [6.45, 7) is 9.43. The molecule has 0 amide bonds. The lowest BCUT2D eigenvalue weighted by atomic mass is 9.72. The largest absolute Gasteiger partial charge is 0.0587 e. The zero-order valence-electron chi connectivity index (χ0n) is 13.8. The summed E-state index contributed by atoms with van der Waals surface area (Å²) in [5, 5.41) is 0. The first-order valence-electron chi connectivity index (χ1n) is 8.67. The van der Waals surface area contributed by atoms with E-state index in [2.05, 4.69) is 39.8 Å². The molecule has 0 radical (unpaired) electrons. The fraction of sp³-hybridized carbons (Fsp3) is 0.700. The molecule has 3 rings (SSSR count). The molecule has 0 bridgehead atoms. The number of rotatable bonds is 2. The maximum Gasteiger partial charge on any atom is -0.0213 e. The van der Waals surface area contributed by atoms with Crippen LogP contribution in [0, 0.1) is 5.41 Å². The highest BCUT2D eigenvalue weighted by Crippen LogP contribution is 2.50. The highest BCUT2D eigenvalue weighted by molar-refractivity contribution is 5.48. The van der Waals surface area contributed by atoms with Crippen molar-refractivity contribution in [3.63, 3.8) is 0 Å². The summed E-state index contributed by atoms with van der Waals surface area (Å²) in [4.78, 5) is 0. The van der Waals surface area contributed by atoms with Crippen LogP contribution in [0.5, 0.6) is 0 Å². The molecule has 0 saturated heterocycles. The maximum absolute atomic E-state index is 2.43. The molecule has 0 N–H and O–H groups in total. The van der Waals surface area contributed by atoms with Crippen LogP contribution in [-0.4, -0.2) is 0 Å². The van der Waals surface area contributed by atoms with Crippen molar-refractivity contribution < 1.29 is 0 Å². The molecule has 0 heteroatoms. The Morgan fingerprint density at radius 2 is 1.20 bits per heavy atom. The quantitative estimate of drug-likeness (QED) is 0.620. The predicted octanol–water partition coefficient (Wildman–Crippen LogP) is 5.98. The molecule has 0 heterocycles. The second-order valence-electron chi connectivity index (χ2n) is 7.92. The third-order valence-corrected chi connectivity index (χ3v) is 5.77. The summed E-state index contributed by atoms with van der Waals surface area (Å²) < 4.78 is 0. The molecule has 1 aromatic carbocycles. The molecule has 20 heavy (non-hydrogen) atoms. The Bertz CT molecular complexity index is 448. The molecule has 1 fully saturated rings. The molecule has 110 valence electrons. The average molecular weight is 270 g/mol. The lowest BCUT2D eigenvalue weighted by Crippen LogP contribution is -2.24. The fourth-order valence-corrected chi connectivity index (χ4v) is 4.70. The van der Waals surface area contributed by atoms with Gasteiger partial charge in [0.2, 0.25) is 0 Å². The van der Waals surface area contributed by atoms with Crippen molar-refractivity contribution in [2.75, 3.05) is 0 Å². The Kier molecular flexibility index (Phi) is 3.69. The second-order valence-corrected chi connectivity index (χ2v) is 7.92. The van der Waals surface area contributed by atoms with E-state index in [4.69, 9.17) is 0 Å². The third kappa shape index (κ3) is 2.32. The lowest BCUT2D eigenvalue weighted by molar-refractivity contribution is 0.202. The van der Waals surface area contributed by atoms with E-state index in [0.29, 0.717) is 17.3 Å². The fourth-order valence-electron chi connectivity index (χ4n) is 4.70. The number of benzene rings is 1. The van der Waals surface area contributed by atoms with Gasteiger partial charge in [-0.3, -0.25) is 0 Å². The smallest absolute Gasteiger partial charge is 0.0213 e. The Labute approximate surface area is 125 Å². The van der Waals surface area contributed by atoms with E-state index in [1.165, 1.54) is 44.9 Å². The lowest BCUT2D eigenvalue weighted by Gasteiger charge is -2.33. The van der Waals surface area contributed by atoms with Crippen LogP contribution in [0.4, 0.5) is 0 Å². The molecule has 1 saturated carbocycles. The Morgan fingerprint density at radius 3 is 1.60 bits per heavy atom. The van der Waals surface area contributed by atoms with Crippen molar-refractivity contribution in [1.82, 2.24) is 0 Å². The first kappa shape index (κ1) is 14.2. The van der Waals surface area contributed by atoms with E-state index in [9.17, 15) is 0 Å². The van der Waals surface area contributed by atoms with Crippen LogP contribution < -0.4 is 0 Å². The molecular formula is C20H30. The minimum absolute atomic E-state index is 0.634. The van der Waals surface area contributed by atoms with Crippen LogP contribution >= 0.6 is 0 Å². The van der Waals surface area contributed by atoms with Crippen LogP contribution in [0.15, 0.2) is 12.1 Å². The van der Waals surface area contributed by atoms with Crippen LogP contribution in [0.2, 0.25) is 0 Å². The molecule has 1 aromatic rings. The normalized spacial score (nSPS) is 20.9. The van der Waals surface area contributed by atoms with Gasteiger partial charge in [0.1, 0.15) is 0 Å². The summed E-state index contributed by atoms with van der Waals surface area (Å²) in [6, 6.07) is 4.86. The van der Waals surface area contributed by atoms with Gasteiger partial charge in [-0.15, -0.1) is 0 Å². The zero-order chi connectivity index (χ0) is 14.3. The number of hydrogen-bond acceptors (Lipinski definition) is 0. The van der Waals surface area contributed by atoms with Gasteiger partial charge in [0.15, 0.2) is 0 Å². The highest BCUT2D eigenvalue weighted by atomic mass is 14.4. The number of hydrogen-bond donors (Lipinski definition) is 0. The standard InChI is InChI=1S/C20H30/c1-14(2)16-8-9-17(15(3)4)19-13-20(12-18(16)19)10-6-5-7-11-20/h8-9,14-15H,5-7,10-13H2,1-4H3. The van der Waals surface area contributed by atoms with E-state index in [1.807, 2.05) is 0 Å². The van der Waals surface area contributed by atoms with Gasteiger partial charge in [0.25, 0.3) is 0 Å². The van der Waals surface area contributed by atoms with E-state index in [0.717, 1.165) is 0 Å². The first-order valence-corrected chi connectivity index (χ1v) is 8.67. The molecule has 2 aliphatic rings. The Hall–Kier alpha value is -0.780. The average Bonchev–Trinajstić information content (AvgIpc) is 2.75. The third-order valence-electron chi connectivity index (χ3n) is 5.77. The highest BCUT2D eigenvalue weighted by Gasteiger charge is 2.40. The summed E-state index contributed by atoms with van der Waals surface area (Å²) in [5.74, 6) is 1.34. The molecule has 0 atom stereocenters. The van der Waals surface area contributed by atoms with E-state index in [-0.39, 0.29) is 0 Å². The summed E-state index contributed by atoms with van der Waals surface area (Å²) in [7, 11) is 0. The second kappa shape index (κ2) is 5.20. The minimum Gasteiger partial charge on any atom is -0.0587 e. The monoisotopic (exact) mass is 270 g/mol. The van der Waals surface area contributed by atoms with Gasteiger partial charge in [-0.2, -0.15) is 0 Å². The number of fused-ring (bicyclic) bond motifs is 1. The van der Waals surface area contributed by atoms with Crippen molar-refractivity contribution in [1.29, 1.82) is 0 Å². The van der Waals surface area contributed by atoms with Crippen molar-refractivity contribution in [2.24, 2.45) is 5.41 Å². The summed E-state index contributed by atoms with van der Waals surface area (Å²) >= 11 is 0. The summed E-state index contributed by atoms with van der Waals surface area (Å²) in [5.41, 5.74) is 7.38. The van der Waals surface area contributed by atoms with Gasteiger partial charge in [-0.25, -0.2) is 0 Å². The topological polar surface area (TPSA) is 0 Å². The molecular weight excluding hydrogens is 240 g/mol. The van der Waals surface area contributed by atoms with Crippen LogP contribution in [0.1, 0.15) is 93.9 Å². The van der Waals surface area contributed by atoms with Crippen molar-refractivity contribution in [3.05, 3.63) is 34.4 Å². The molecule has 0 unspecified atom stereocenters. The molecule has 1 spiro atoms. The molecule has 2 aliphatic carbocycles. The van der Waals surface area contributed by atoms with Gasteiger partial charge in [0, 0.05) is 0 Å². The predicted molar refractivity (Wildman–Crippen MR) is 87.5 cm³/mol. The SMILES string of the molecule is CC(C)c1ccc(C(C)C)c2c1CC1(CCCCC1)C2. The zero-order valence-corrected chi connectivity index (χ0v) is 13.8. The molecule has 0 aliphatic heterocycles. The molecule has 0 nitrogen and oxygen atoms in total. The van der Waals surface area contributed by atoms with Crippen molar-refractivity contribution >= 4 is 0 Å². The Balaban J connectivity index is 2.04.